The van der Waals surface area contributed by atoms with E-state index in [2.05, 4.69) is 252 Å². The summed E-state index contributed by atoms with van der Waals surface area (Å²) in [6.45, 7) is 0. The Kier molecular flexibility index (Phi) is 8.02. The van der Waals surface area contributed by atoms with Crippen LogP contribution in [0.5, 0.6) is 0 Å². The number of hydrogen-bond acceptors (Lipinski definition) is 0. The number of nitrogens with zero attached hydrogens (tertiary/aromatic N) is 2. The fourth-order valence-electron chi connectivity index (χ4n) is 11.3. The molecule has 306 valence electrons. The van der Waals surface area contributed by atoms with E-state index in [1.54, 1.807) is 0 Å². The van der Waals surface area contributed by atoms with E-state index in [1.165, 1.54) is 120 Å². The Hall–Kier alpha value is -8.72. The first-order chi connectivity index (χ1) is 32.8. The van der Waals surface area contributed by atoms with Gasteiger partial charge in [0.15, 0.2) is 0 Å². The molecule has 0 aliphatic carbocycles. The molecule has 0 atom stereocenters. The molecule has 0 aliphatic heterocycles. The van der Waals surface area contributed by atoms with E-state index in [-0.39, 0.29) is 0 Å². The van der Waals surface area contributed by atoms with Crippen LogP contribution in [0, 0.1) is 0 Å². The van der Waals surface area contributed by atoms with Crippen molar-refractivity contribution in [3.05, 3.63) is 243 Å². The third-order valence-electron chi connectivity index (χ3n) is 14.1. The summed E-state index contributed by atoms with van der Waals surface area (Å²) in [6, 6.07) is 89.9. The molecule has 0 amide bonds. The molecule has 14 aromatic rings. The zero-order valence-electron chi connectivity index (χ0n) is 36.0. The van der Waals surface area contributed by atoms with Gasteiger partial charge in [0.1, 0.15) is 0 Å². The first kappa shape index (κ1) is 36.7. The SMILES string of the molecule is c1ccc(-c2c3cc(-n4c5ccccc5c5ccccc54)ccc3c(-c3cccc4ccccc34)c3cc(-n4c5ccccc5c5ccccc54)ccc23)c(-c2cccc3ccccc23)c1. The predicted octanol–water partition coefficient (Wildman–Crippen LogP) is 17.5. The highest BCUT2D eigenvalue weighted by molar-refractivity contribution is 6.26. The van der Waals surface area contributed by atoms with Crippen LogP contribution >= 0.6 is 0 Å². The zero-order chi connectivity index (χ0) is 43.3. The summed E-state index contributed by atoms with van der Waals surface area (Å²) in [6.07, 6.45) is 0. The van der Waals surface area contributed by atoms with Crippen LogP contribution in [-0.4, -0.2) is 9.13 Å². The van der Waals surface area contributed by atoms with Crippen LogP contribution in [0.3, 0.4) is 0 Å². The van der Waals surface area contributed by atoms with Gasteiger partial charge < -0.3 is 9.13 Å². The lowest BCUT2D eigenvalue weighted by atomic mass is 9.82. The molecule has 0 unspecified atom stereocenters. The fourth-order valence-corrected chi connectivity index (χ4v) is 11.3. The molecule has 0 N–H and O–H groups in total. The maximum atomic E-state index is 2.47. The van der Waals surface area contributed by atoms with E-state index >= 15 is 0 Å². The molecule has 2 heterocycles. The van der Waals surface area contributed by atoms with Crippen LogP contribution in [0.2, 0.25) is 0 Å². The van der Waals surface area contributed by atoms with Gasteiger partial charge in [-0.3, -0.25) is 0 Å². The largest absolute Gasteiger partial charge is 0.309 e. The van der Waals surface area contributed by atoms with Gasteiger partial charge in [0, 0.05) is 32.9 Å². The van der Waals surface area contributed by atoms with Crippen molar-refractivity contribution in [3.63, 3.8) is 0 Å². The van der Waals surface area contributed by atoms with Gasteiger partial charge >= 0.3 is 0 Å². The zero-order valence-corrected chi connectivity index (χ0v) is 36.0. The van der Waals surface area contributed by atoms with Crippen LogP contribution in [0.1, 0.15) is 0 Å². The van der Waals surface area contributed by atoms with Crippen molar-refractivity contribution in [2.45, 2.75) is 0 Å². The molecule has 0 fully saturated rings. The third kappa shape index (κ3) is 5.36. The molecular formula is C64H40N2. The summed E-state index contributed by atoms with van der Waals surface area (Å²) in [4.78, 5) is 0. The second-order valence-corrected chi connectivity index (χ2v) is 17.5. The number of aromatic nitrogens is 2. The van der Waals surface area contributed by atoms with E-state index in [0.717, 1.165) is 11.4 Å². The van der Waals surface area contributed by atoms with Crippen LogP contribution in [0.4, 0.5) is 0 Å². The number of rotatable bonds is 5. The number of benzene rings is 12. The minimum absolute atomic E-state index is 1.13. The fraction of sp³-hybridized carbons (Fsp3) is 0. The normalized spacial score (nSPS) is 11.9. The second kappa shape index (κ2) is 14.4. The predicted molar refractivity (Wildman–Crippen MR) is 281 cm³/mol. The molecule has 0 radical (unpaired) electrons. The summed E-state index contributed by atoms with van der Waals surface area (Å²) in [5.74, 6) is 0. The summed E-state index contributed by atoms with van der Waals surface area (Å²) in [7, 11) is 0. The van der Waals surface area contributed by atoms with E-state index in [4.69, 9.17) is 0 Å². The Morgan fingerprint density at radius 2 is 0.530 bits per heavy atom. The minimum Gasteiger partial charge on any atom is -0.309 e. The Bertz CT molecular complexity index is 4180. The van der Waals surface area contributed by atoms with Crippen molar-refractivity contribution in [3.8, 4) is 44.8 Å². The Morgan fingerprint density at radius 3 is 1.02 bits per heavy atom. The smallest absolute Gasteiger partial charge is 0.0541 e. The molecule has 66 heavy (non-hydrogen) atoms. The lowest BCUT2D eigenvalue weighted by Gasteiger charge is -2.22. The molecule has 0 bridgehead atoms. The van der Waals surface area contributed by atoms with Gasteiger partial charge in [0.2, 0.25) is 0 Å². The van der Waals surface area contributed by atoms with E-state index in [0.29, 0.717) is 0 Å². The molecule has 0 saturated carbocycles. The molecule has 2 aromatic heterocycles. The molecular weight excluding hydrogens is 797 g/mol. The average Bonchev–Trinajstić information content (AvgIpc) is 3.90. The summed E-state index contributed by atoms with van der Waals surface area (Å²) in [5, 5.41) is 14.8. The van der Waals surface area contributed by atoms with E-state index < -0.39 is 0 Å². The van der Waals surface area contributed by atoms with Crippen molar-refractivity contribution in [1.82, 2.24) is 9.13 Å². The van der Waals surface area contributed by atoms with Crippen LogP contribution in [0.15, 0.2) is 243 Å². The number of fused-ring (bicyclic) bond motifs is 10. The van der Waals surface area contributed by atoms with Crippen molar-refractivity contribution < 1.29 is 0 Å². The van der Waals surface area contributed by atoms with Gasteiger partial charge in [0.25, 0.3) is 0 Å². The number of para-hydroxylation sites is 4. The minimum atomic E-state index is 1.13. The maximum Gasteiger partial charge on any atom is 0.0541 e. The van der Waals surface area contributed by atoms with Crippen LogP contribution in [0.25, 0.3) is 131 Å². The lowest BCUT2D eigenvalue weighted by molar-refractivity contribution is 1.18. The topological polar surface area (TPSA) is 9.86 Å². The standard InChI is InChI=1S/C64H40N2/c1-3-21-45-41(17-1)19-15-29-47(45)48-23-5-6-28-54(48)64-56-38-36-43(65-59-31-11-7-24-49(59)50-25-8-12-32-60(50)65)39-57(56)63(53-30-16-20-42-18-2-4-22-46(42)53)55-37-35-44(40-58(55)64)66-61-33-13-9-26-51(61)52-27-10-14-34-62(52)66/h1-40H. The van der Waals surface area contributed by atoms with Crippen molar-refractivity contribution in [2.24, 2.45) is 0 Å². The van der Waals surface area contributed by atoms with Crippen LogP contribution in [-0.2, 0) is 0 Å². The van der Waals surface area contributed by atoms with Gasteiger partial charge in [-0.05, 0) is 125 Å². The highest BCUT2D eigenvalue weighted by atomic mass is 15.0. The van der Waals surface area contributed by atoms with Gasteiger partial charge in [-0.1, -0.05) is 194 Å². The first-order valence-electron chi connectivity index (χ1n) is 22.8. The summed E-state index contributed by atoms with van der Waals surface area (Å²) in [5.41, 5.74) is 14.4. The Balaban J connectivity index is 1.17. The quantitative estimate of drug-likeness (QED) is 0.153. The van der Waals surface area contributed by atoms with E-state index in [1.807, 2.05) is 0 Å². The Morgan fingerprint density at radius 1 is 0.197 bits per heavy atom. The van der Waals surface area contributed by atoms with Crippen molar-refractivity contribution in [1.29, 1.82) is 0 Å². The molecule has 0 aliphatic rings. The van der Waals surface area contributed by atoms with E-state index in [9.17, 15) is 0 Å². The molecule has 12 aromatic carbocycles. The lowest BCUT2D eigenvalue weighted by Crippen LogP contribution is -1.99. The van der Waals surface area contributed by atoms with Crippen LogP contribution < -0.4 is 0 Å². The summed E-state index contributed by atoms with van der Waals surface area (Å²) < 4.78 is 4.91. The summed E-state index contributed by atoms with van der Waals surface area (Å²) >= 11 is 0. The third-order valence-corrected chi connectivity index (χ3v) is 14.1. The highest BCUT2D eigenvalue weighted by Gasteiger charge is 2.23. The van der Waals surface area contributed by atoms with Gasteiger partial charge in [-0.2, -0.15) is 0 Å². The maximum absolute atomic E-state index is 2.47. The molecule has 2 heteroatoms. The van der Waals surface area contributed by atoms with Crippen molar-refractivity contribution >= 4 is 86.7 Å². The average molecular weight is 837 g/mol. The molecule has 0 saturated heterocycles. The first-order valence-corrected chi connectivity index (χ1v) is 22.8. The number of hydrogen-bond donors (Lipinski definition) is 0. The molecule has 0 spiro atoms. The van der Waals surface area contributed by atoms with Gasteiger partial charge in [-0.15, -0.1) is 0 Å². The highest BCUT2D eigenvalue weighted by Crippen LogP contribution is 2.50. The van der Waals surface area contributed by atoms with Gasteiger partial charge in [0.05, 0.1) is 22.1 Å². The Labute approximate surface area is 381 Å². The monoisotopic (exact) mass is 836 g/mol. The second-order valence-electron chi connectivity index (χ2n) is 17.5. The molecule has 14 rings (SSSR count). The van der Waals surface area contributed by atoms with Gasteiger partial charge in [-0.25, -0.2) is 0 Å². The van der Waals surface area contributed by atoms with Crippen molar-refractivity contribution in [2.75, 3.05) is 0 Å². The molecule has 2 nitrogen and oxygen atoms in total.